The Labute approximate surface area is 114 Å². The molecule has 1 rings (SSSR count). The molecule has 1 heterocycles. The Morgan fingerprint density at radius 2 is 1.94 bits per heavy atom. The van der Waals surface area contributed by atoms with Gasteiger partial charge >= 0.3 is 0 Å². The van der Waals surface area contributed by atoms with E-state index in [1.165, 1.54) is 25.0 Å². The molecule has 1 unspecified atom stereocenters. The van der Waals surface area contributed by atoms with Crippen molar-refractivity contribution in [2.24, 2.45) is 5.92 Å². The zero-order valence-electron chi connectivity index (χ0n) is 13.2. The fraction of sp³-hybridized carbons (Fsp3) is 0.875. The van der Waals surface area contributed by atoms with Gasteiger partial charge in [0.15, 0.2) is 0 Å². The van der Waals surface area contributed by atoms with Crippen LogP contribution in [0.4, 0.5) is 0 Å². The molecule has 2 heteroatoms. The molecule has 1 saturated heterocycles. The van der Waals surface area contributed by atoms with Crippen molar-refractivity contribution in [3.63, 3.8) is 0 Å². The first kappa shape index (κ1) is 15.7. The first-order chi connectivity index (χ1) is 8.44. The molecule has 0 aromatic heterocycles. The summed E-state index contributed by atoms with van der Waals surface area (Å²) >= 11 is 0. The second-order valence-corrected chi connectivity index (χ2v) is 6.39. The van der Waals surface area contributed by atoms with E-state index in [9.17, 15) is 0 Å². The van der Waals surface area contributed by atoms with Crippen LogP contribution in [0.3, 0.4) is 0 Å². The Morgan fingerprint density at radius 3 is 2.39 bits per heavy atom. The second kappa shape index (κ2) is 6.72. The number of nitrogens with one attached hydrogen (secondary N) is 1. The molecule has 1 atom stereocenters. The Bertz CT molecular complexity index is 273. The molecule has 18 heavy (non-hydrogen) atoms. The van der Waals surface area contributed by atoms with Crippen molar-refractivity contribution in [3.8, 4) is 0 Å². The van der Waals surface area contributed by atoms with Crippen molar-refractivity contribution < 1.29 is 0 Å². The van der Waals surface area contributed by atoms with E-state index in [2.05, 4.69) is 57.8 Å². The van der Waals surface area contributed by atoms with Gasteiger partial charge in [-0.25, -0.2) is 0 Å². The van der Waals surface area contributed by atoms with Crippen molar-refractivity contribution >= 4 is 0 Å². The summed E-state index contributed by atoms with van der Waals surface area (Å²) in [5, 5.41) is 3.82. The minimum absolute atomic E-state index is 0.334. The summed E-state index contributed by atoms with van der Waals surface area (Å²) in [7, 11) is 0. The monoisotopic (exact) mass is 252 g/mol. The summed E-state index contributed by atoms with van der Waals surface area (Å²) in [5.74, 6) is 0.717. The lowest BCUT2D eigenvalue weighted by Crippen LogP contribution is -2.64. The van der Waals surface area contributed by atoms with E-state index in [1.807, 2.05) is 0 Å². The van der Waals surface area contributed by atoms with E-state index in [4.69, 9.17) is 0 Å². The normalized spacial score (nSPS) is 24.3. The van der Waals surface area contributed by atoms with E-state index in [0.717, 1.165) is 19.0 Å². The Balaban J connectivity index is 2.79. The third-order valence-corrected chi connectivity index (χ3v) is 4.52. The zero-order valence-corrected chi connectivity index (χ0v) is 13.2. The summed E-state index contributed by atoms with van der Waals surface area (Å²) in [6.45, 7) is 17.1. The molecule has 1 N–H and O–H groups in total. The van der Waals surface area contributed by atoms with Gasteiger partial charge in [-0.05, 0) is 32.6 Å². The molecule has 0 amide bonds. The number of hydrogen-bond acceptors (Lipinski definition) is 2. The number of rotatable bonds is 5. The van der Waals surface area contributed by atoms with Crippen molar-refractivity contribution in [2.45, 2.75) is 66.0 Å². The van der Waals surface area contributed by atoms with Crippen molar-refractivity contribution in [1.82, 2.24) is 10.2 Å². The molecule has 0 bridgehead atoms. The Hall–Kier alpha value is -0.340. The number of allylic oxidation sites excluding steroid dienone is 1. The largest absolute Gasteiger partial charge is 0.308 e. The van der Waals surface area contributed by atoms with Gasteiger partial charge in [0.25, 0.3) is 0 Å². The van der Waals surface area contributed by atoms with Gasteiger partial charge in [0.2, 0.25) is 0 Å². The van der Waals surface area contributed by atoms with E-state index >= 15 is 0 Å². The molecule has 0 radical (unpaired) electrons. The van der Waals surface area contributed by atoms with Crippen molar-refractivity contribution in [1.29, 1.82) is 0 Å². The highest BCUT2D eigenvalue weighted by atomic mass is 15.3. The van der Waals surface area contributed by atoms with Crippen LogP contribution >= 0.6 is 0 Å². The Morgan fingerprint density at radius 1 is 1.33 bits per heavy atom. The summed E-state index contributed by atoms with van der Waals surface area (Å²) in [4.78, 5) is 2.68. The van der Waals surface area contributed by atoms with Crippen LogP contribution in [0.5, 0.6) is 0 Å². The van der Waals surface area contributed by atoms with Gasteiger partial charge in [0, 0.05) is 31.2 Å². The van der Waals surface area contributed by atoms with E-state index in [-0.39, 0.29) is 0 Å². The van der Waals surface area contributed by atoms with Gasteiger partial charge in [-0.15, -0.1) is 0 Å². The van der Waals surface area contributed by atoms with Crippen LogP contribution in [-0.2, 0) is 0 Å². The standard InChI is InChI=1S/C16H32N2/c1-7-16(8-2)12-18(10-9-13(3)4)15(11-17-16)14(5)6/h9,14-15,17H,7-8,10-12H2,1-6H3. The molecule has 1 aliphatic rings. The van der Waals surface area contributed by atoms with Gasteiger partial charge < -0.3 is 5.32 Å². The van der Waals surface area contributed by atoms with Crippen LogP contribution in [0.2, 0.25) is 0 Å². The van der Waals surface area contributed by atoms with Gasteiger partial charge in [-0.3, -0.25) is 4.90 Å². The molecule has 1 fully saturated rings. The van der Waals surface area contributed by atoms with Crippen molar-refractivity contribution in [3.05, 3.63) is 11.6 Å². The fourth-order valence-corrected chi connectivity index (χ4v) is 2.89. The summed E-state index contributed by atoms with van der Waals surface area (Å²) in [6.07, 6.45) is 4.82. The number of piperazine rings is 1. The van der Waals surface area contributed by atoms with Crippen LogP contribution in [0.1, 0.15) is 54.4 Å². The number of nitrogens with zero attached hydrogens (tertiary/aromatic N) is 1. The maximum absolute atomic E-state index is 3.82. The topological polar surface area (TPSA) is 15.3 Å². The van der Waals surface area contributed by atoms with Crippen LogP contribution in [-0.4, -0.2) is 36.1 Å². The molecule has 0 aliphatic carbocycles. The van der Waals surface area contributed by atoms with Gasteiger partial charge in [-0.1, -0.05) is 39.3 Å². The minimum atomic E-state index is 0.334. The summed E-state index contributed by atoms with van der Waals surface area (Å²) in [5.41, 5.74) is 1.76. The average Bonchev–Trinajstić information content (AvgIpc) is 2.35. The maximum Gasteiger partial charge on any atom is 0.0304 e. The molecule has 0 aromatic carbocycles. The van der Waals surface area contributed by atoms with Gasteiger partial charge in [0.1, 0.15) is 0 Å². The predicted molar refractivity (Wildman–Crippen MR) is 80.9 cm³/mol. The first-order valence-corrected chi connectivity index (χ1v) is 7.56. The SMILES string of the molecule is CCC1(CC)CN(CC=C(C)C)C(C(C)C)CN1. The zero-order chi connectivity index (χ0) is 13.8. The third kappa shape index (κ3) is 3.83. The quantitative estimate of drug-likeness (QED) is 0.754. The molecule has 1 aliphatic heterocycles. The third-order valence-electron chi connectivity index (χ3n) is 4.52. The maximum atomic E-state index is 3.82. The molecule has 0 aromatic rings. The number of hydrogen-bond donors (Lipinski definition) is 1. The van der Waals surface area contributed by atoms with Crippen LogP contribution in [0.15, 0.2) is 11.6 Å². The van der Waals surface area contributed by atoms with E-state index < -0.39 is 0 Å². The highest BCUT2D eigenvalue weighted by Crippen LogP contribution is 2.25. The average molecular weight is 252 g/mol. The Kier molecular flexibility index (Phi) is 5.87. The molecule has 106 valence electrons. The van der Waals surface area contributed by atoms with Gasteiger partial charge in [-0.2, -0.15) is 0 Å². The second-order valence-electron chi connectivity index (χ2n) is 6.39. The fourth-order valence-electron chi connectivity index (χ4n) is 2.89. The molecule has 2 nitrogen and oxygen atoms in total. The van der Waals surface area contributed by atoms with Crippen LogP contribution in [0.25, 0.3) is 0 Å². The highest BCUT2D eigenvalue weighted by molar-refractivity contribution is 5.02. The molecular weight excluding hydrogens is 220 g/mol. The first-order valence-electron chi connectivity index (χ1n) is 7.56. The minimum Gasteiger partial charge on any atom is -0.308 e. The van der Waals surface area contributed by atoms with Crippen LogP contribution < -0.4 is 5.32 Å². The van der Waals surface area contributed by atoms with E-state index in [0.29, 0.717) is 11.6 Å². The molecule has 0 saturated carbocycles. The molecule has 0 spiro atoms. The van der Waals surface area contributed by atoms with E-state index in [1.54, 1.807) is 0 Å². The smallest absolute Gasteiger partial charge is 0.0304 e. The van der Waals surface area contributed by atoms with Crippen LogP contribution in [0, 0.1) is 5.92 Å². The lowest BCUT2D eigenvalue weighted by atomic mass is 9.86. The highest BCUT2D eigenvalue weighted by Gasteiger charge is 2.37. The molecular formula is C16H32N2. The predicted octanol–water partition coefficient (Wildman–Crippen LogP) is 3.44. The summed E-state index contributed by atoms with van der Waals surface area (Å²) in [6, 6.07) is 0.673. The van der Waals surface area contributed by atoms with Gasteiger partial charge in [0.05, 0.1) is 0 Å². The lowest BCUT2D eigenvalue weighted by molar-refractivity contribution is 0.0600. The summed E-state index contributed by atoms with van der Waals surface area (Å²) < 4.78 is 0. The van der Waals surface area contributed by atoms with Crippen molar-refractivity contribution in [2.75, 3.05) is 19.6 Å². The lowest BCUT2D eigenvalue weighted by Gasteiger charge is -2.48.